The van der Waals surface area contributed by atoms with E-state index in [2.05, 4.69) is 10.7 Å². The number of halogens is 1. The molecule has 0 aliphatic carbocycles. The van der Waals surface area contributed by atoms with Crippen molar-refractivity contribution < 1.29 is 28.7 Å². The van der Waals surface area contributed by atoms with Crippen molar-refractivity contribution >= 4 is 46.8 Å². The first-order valence-electron chi connectivity index (χ1n) is 9.68. The van der Waals surface area contributed by atoms with Crippen LogP contribution in [0.25, 0.3) is 0 Å². The smallest absolute Gasteiger partial charge is 0.311 e. The SMILES string of the molecule is CC(=O)c1ccc(NC(=O)COC(=O)[C@H]2CC(=O)N(NC(=O)c3ccccc3Cl)C2)cc1. The van der Waals surface area contributed by atoms with Crippen molar-refractivity contribution in [2.75, 3.05) is 18.5 Å². The third-order valence-corrected chi connectivity index (χ3v) is 5.06. The Balaban J connectivity index is 1.48. The molecule has 1 aliphatic rings. The molecule has 2 aromatic rings. The van der Waals surface area contributed by atoms with E-state index in [1.54, 1.807) is 42.5 Å². The van der Waals surface area contributed by atoms with Crippen LogP contribution in [0.2, 0.25) is 5.02 Å². The summed E-state index contributed by atoms with van der Waals surface area (Å²) in [7, 11) is 0. The van der Waals surface area contributed by atoms with Crippen molar-refractivity contribution in [2.45, 2.75) is 13.3 Å². The number of hydrazine groups is 1. The third kappa shape index (κ3) is 5.70. The van der Waals surface area contributed by atoms with Crippen LogP contribution in [0.15, 0.2) is 48.5 Å². The van der Waals surface area contributed by atoms with E-state index in [1.165, 1.54) is 13.0 Å². The van der Waals surface area contributed by atoms with Gasteiger partial charge in [0.05, 0.1) is 23.0 Å². The number of ketones is 1. The van der Waals surface area contributed by atoms with Gasteiger partial charge in [-0.2, -0.15) is 0 Å². The quantitative estimate of drug-likeness (QED) is 0.485. The lowest BCUT2D eigenvalue weighted by atomic mass is 10.1. The number of carbonyl (C=O) groups is 5. The highest BCUT2D eigenvalue weighted by Crippen LogP contribution is 2.19. The average Bonchev–Trinajstić information content (AvgIpc) is 3.13. The molecule has 0 bridgehead atoms. The van der Waals surface area contributed by atoms with E-state index >= 15 is 0 Å². The molecule has 1 fully saturated rings. The van der Waals surface area contributed by atoms with Crippen LogP contribution in [0.5, 0.6) is 0 Å². The van der Waals surface area contributed by atoms with E-state index in [0.29, 0.717) is 11.3 Å². The number of Topliss-reactive ketones (excluding diaryl/α,β-unsaturated/α-hetero) is 1. The molecule has 2 aromatic carbocycles. The highest BCUT2D eigenvalue weighted by atomic mass is 35.5. The predicted octanol–water partition coefficient (Wildman–Crippen LogP) is 2.22. The molecule has 3 rings (SSSR count). The fourth-order valence-electron chi connectivity index (χ4n) is 3.04. The molecule has 1 atom stereocenters. The van der Waals surface area contributed by atoms with Gasteiger partial charge in [-0.05, 0) is 43.3 Å². The van der Waals surface area contributed by atoms with Crippen molar-refractivity contribution in [2.24, 2.45) is 5.92 Å². The van der Waals surface area contributed by atoms with Crippen LogP contribution in [-0.2, 0) is 19.1 Å². The zero-order valence-electron chi connectivity index (χ0n) is 17.1. The maximum Gasteiger partial charge on any atom is 0.311 e. The molecule has 32 heavy (non-hydrogen) atoms. The van der Waals surface area contributed by atoms with Gasteiger partial charge in [0.15, 0.2) is 12.4 Å². The monoisotopic (exact) mass is 457 g/mol. The van der Waals surface area contributed by atoms with Gasteiger partial charge in [-0.25, -0.2) is 0 Å². The molecule has 0 aromatic heterocycles. The molecule has 1 heterocycles. The Kier molecular flexibility index (Phi) is 7.21. The number of nitrogens with zero attached hydrogens (tertiary/aromatic N) is 1. The summed E-state index contributed by atoms with van der Waals surface area (Å²) in [5.74, 6) is -3.25. The van der Waals surface area contributed by atoms with Crippen LogP contribution in [0, 0.1) is 5.92 Å². The van der Waals surface area contributed by atoms with Crippen LogP contribution in [-0.4, -0.2) is 47.6 Å². The molecule has 1 saturated heterocycles. The zero-order valence-corrected chi connectivity index (χ0v) is 17.8. The topological polar surface area (TPSA) is 122 Å². The average molecular weight is 458 g/mol. The lowest BCUT2D eigenvalue weighted by molar-refractivity contribution is -0.151. The second kappa shape index (κ2) is 10.1. The Morgan fingerprint density at radius 2 is 1.78 bits per heavy atom. The Hall–Kier alpha value is -3.72. The first-order chi connectivity index (χ1) is 15.2. The lowest BCUT2D eigenvalue weighted by Gasteiger charge is -2.18. The maximum atomic E-state index is 12.3. The van der Waals surface area contributed by atoms with Gasteiger partial charge in [0.2, 0.25) is 5.91 Å². The van der Waals surface area contributed by atoms with Crippen molar-refractivity contribution in [3.8, 4) is 0 Å². The number of hydrogen-bond acceptors (Lipinski definition) is 6. The van der Waals surface area contributed by atoms with Gasteiger partial charge in [0.1, 0.15) is 0 Å². The number of ether oxygens (including phenoxy) is 1. The molecule has 166 valence electrons. The molecule has 0 saturated carbocycles. The number of hydrogen-bond donors (Lipinski definition) is 2. The van der Waals surface area contributed by atoms with Crippen molar-refractivity contribution in [1.29, 1.82) is 0 Å². The van der Waals surface area contributed by atoms with E-state index in [-0.39, 0.29) is 29.3 Å². The van der Waals surface area contributed by atoms with Gasteiger partial charge < -0.3 is 10.1 Å². The van der Waals surface area contributed by atoms with Gasteiger partial charge in [0, 0.05) is 17.7 Å². The Morgan fingerprint density at radius 3 is 2.44 bits per heavy atom. The van der Waals surface area contributed by atoms with Crippen molar-refractivity contribution in [3.05, 3.63) is 64.7 Å². The normalized spacial score (nSPS) is 15.2. The zero-order chi connectivity index (χ0) is 23.3. The fraction of sp³-hybridized carbons (Fsp3) is 0.227. The van der Waals surface area contributed by atoms with Crippen LogP contribution in [0.4, 0.5) is 5.69 Å². The second-order valence-electron chi connectivity index (χ2n) is 7.12. The van der Waals surface area contributed by atoms with E-state index in [0.717, 1.165) is 5.01 Å². The van der Waals surface area contributed by atoms with Gasteiger partial charge in [0.25, 0.3) is 11.8 Å². The summed E-state index contributed by atoms with van der Waals surface area (Å²) in [5.41, 5.74) is 3.58. The second-order valence-corrected chi connectivity index (χ2v) is 7.52. The first kappa shape index (κ1) is 23.0. The minimum absolute atomic E-state index is 0.0814. The number of amides is 3. The summed E-state index contributed by atoms with van der Waals surface area (Å²) in [6.45, 7) is 0.816. The van der Waals surface area contributed by atoms with Crippen LogP contribution < -0.4 is 10.7 Å². The first-order valence-corrected chi connectivity index (χ1v) is 10.1. The molecule has 10 heteroatoms. The molecular weight excluding hydrogens is 438 g/mol. The Morgan fingerprint density at radius 1 is 1.09 bits per heavy atom. The molecular formula is C22H20ClN3O6. The van der Waals surface area contributed by atoms with Gasteiger partial charge >= 0.3 is 5.97 Å². The molecule has 0 unspecified atom stereocenters. The maximum absolute atomic E-state index is 12.3. The highest BCUT2D eigenvalue weighted by Gasteiger charge is 2.37. The number of benzene rings is 2. The van der Waals surface area contributed by atoms with Gasteiger partial charge in [-0.3, -0.25) is 34.4 Å². The van der Waals surface area contributed by atoms with Gasteiger partial charge in [-0.1, -0.05) is 23.7 Å². The number of esters is 1. The molecule has 1 aliphatic heterocycles. The van der Waals surface area contributed by atoms with Crippen molar-refractivity contribution in [1.82, 2.24) is 10.4 Å². The summed E-state index contributed by atoms with van der Waals surface area (Å²) in [6, 6.07) is 12.6. The van der Waals surface area contributed by atoms with Crippen LogP contribution >= 0.6 is 11.6 Å². The van der Waals surface area contributed by atoms with E-state index in [4.69, 9.17) is 16.3 Å². The highest BCUT2D eigenvalue weighted by molar-refractivity contribution is 6.33. The standard InChI is InChI=1S/C22H20ClN3O6/c1-13(27)14-6-8-16(9-7-14)24-19(28)12-32-22(31)15-10-20(29)26(11-15)25-21(30)17-4-2-3-5-18(17)23/h2-9,15H,10-12H2,1H3,(H,24,28)(H,25,30)/t15-/m0/s1. The molecule has 2 N–H and O–H groups in total. The number of anilines is 1. The molecule has 0 spiro atoms. The largest absolute Gasteiger partial charge is 0.455 e. The number of carbonyl (C=O) groups excluding carboxylic acids is 5. The van der Waals surface area contributed by atoms with E-state index in [9.17, 15) is 24.0 Å². The Labute approximate surface area is 188 Å². The van der Waals surface area contributed by atoms with Crippen molar-refractivity contribution in [3.63, 3.8) is 0 Å². The number of rotatable bonds is 7. The lowest BCUT2D eigenvalue weighted by Crippen LogP contribution is -2.43. The summed E-state index contributed by atoms with van der Waals surface area (Å²) in [4.78, 5) is 60.0. The summed E-state index contributed by atoms with van der Waals surface area (Å²) < 4.78 is 5.01. The summed E-state index contributed by atoms with van der Waals surface area (Å²) >= 11 is 5.98. The molecule has 0 radical (unpaired) electrons. The summed E-state index contributed by atoms with van der Waals surface area (Å²) in [5, 5.41) is 3.81. The molecule has 9 nitrogen and oxygen atoms in total. The van der Waals surface area contributed by atoms with Gasteiger partial charge in [-0.15, -0.1) is 0 Å². The third-order valence-electron chi connectivity index (χ3n) is 4.73. The van der Waals surface area contributed by atoms with Crippen LogP contribution in [0.1, 0.15) is 34.1 Å². The van der Waals surface area contributed by atoms with E-state index < -0.39 is 36.2 Å². The Bertz CT molecular complexity index is 1070. The minimum atomic E-state index is -0.823. The predicted molar refractivity (Wildman–Crippen MR) is 115 cm³/mol. The van der Waals surface area contributed by atoms with E-state index in [1.807, 2.05) is 0 Å². The van der Waals surface area contributed by atoms with Crippen LogP contribution in [0.3, 0.4) is 0 Å². The fourth-order valence-corrected chi connectivity index (χ4v) is 3.26. The molecule has 3 amide bonds. The number of nitrogens with one attached hydrogen (secondary N) is 2. The summed E-state index contributed by atoms with van der Waals surface area (Å²) in [6.07, 6.45) is -0.157. The minimum Gasteiger partial charge on any atom is -0.455 e.